The van der Waals surface area contributed by atoms with Gasteiger partial charge in [-0.05, 0) is 12.1 Å². The zero-order valence-electron chi connectivity index (χ0n) is 8.11. The van der Waals surface area contributed by atoms with Crippen LogP contribution in [0.25, 0.3) is 0 Å². The molecule has 0 saturated carbocycles. The summed E-state index contributed by atoms with van der Waals surface area (Å²) in [6, 6.07) is 6.23. The Morgan fingerprint density at radius 1 is 1.47 bits per heavy atom. The second-order valence-electron chi connectivity index (χ2n) is 3.52. The number of benzene rings is 1. The van der Waals surface area contributed by atoms with Crippen LogP contribution in [-0.4, -0.2) is 12.5 Å². The van der Waals surface area contributed by atoms with Crippen molar-refractivity contribution in [3.63, 3.8) is 0 Å². The van der Waals surface area contributed by atoms with Crippen LogP contribution >= 0.6 is 0 Å². The van der Waals surface area contributed by atoms with Gasteiger partial charge in [-0.25, -0.2) is 4.39 Å². The fourth-order valence-electron chi connectivity index (χ4n) is 1.72. The smallest absolute Gasteiger partial charge is 0.228 e. The average molecular weight is 203 g/mol. The number of rotatable bonds is 1. The number of terminal acetylenes is 1. The predicted molar refractivity (Wildman–Crippen MR) is 55.7 cm³/mol. The largest absolute Gasteiger partial charge is 0.308 e. The van der Waals surface area contributed by atoms with Crippen LogP contribution in [0.4, 0.5) is 10.1 Å². The molecule has 2 nitrogen and oxygen atoms in total. The van der Waals surface area contributed by atoms with Crippen LogP contribution in [0.1, 0.15) is 6.42 Å². The van der Waals surface area contributed by atoms with E-state index in [9.17, 15) is 9.18 Å². The molecule has 3 heteroatoms. The summed E-state index contributed by atoms with van der Waals surface area (Å²) < 4.78 is 13.4. The van der Waals surface area contributed by atoms with Crippen molar-refractivity contribution in [1.29, 1.82) is 0 Å². The molecule has 1 aromatic carbocycles. The van der Waals surface area contributed by atoms with Gasteiger partial charge in [0, 0.05) is 18.9 Å². The minimum atomic E-state index is -0.386. The summed E-state index contributed by atoms with van der Waals surface area (Å²) in [7, 11) is 0. The van der Waals surface area contributed by atoms with Gasteiger partial charge in [-0.3, -0.25) is 4.79 Å². The van der Waals surface area contributed by atoms with Crippen LogP contribution in [0.5, 0.6) is 0 Å². The first-order valence-electron chi connectivity index (χ1n) is 4.73. The fourth-order valence-corrected chi connectivity index (χ4v) is 1.72. The topological polar surface area (TPSA) is 20.3 Å². The summed E-state index contributed by atoms with van der Waals surface area (Å²) in [5, 5.41) is 0. The molecule has 1 aromatic rings. The highest BCUT2D eigenvalue weighted by atomic mass is 19.1. The lowest BCUT2D eigenvalue weighted by Crippen LogP contribution is -2.25. The minimum absolute atomic E-state index is 0.0999. The third-order valence-electron chi connectivity index (χ3n) is 2.50. The van der Waals surface area contributed by atoms with Gasteiger partial charge in [-0.1, -0.05) is 12.1 Å². The first kappa shape index (κ1) is 9.72. The van der Waals surface area contributed by atoms with E-state index in [2.05, 4.69) is 5.92 Å². The molecule has 2 rings (SSSR count). The first-order chi connectivity index (χ1) is 7.22. The highest BCUT2D eigenvalue weighted by Gasteiger charge is 2.30. The number of amides is 1. The van der Waals surface area contributed by atoms with E-state index in [-0.39, 0.29) is 17.6 Å². The predicted octanol–water partition coefficient (Wildman–Crippen LogP) is 1.81. The summed E-state index contributed by atoms with van der Waals surface area (Å²) in [5.74, 6) is 1.93. The van der Waals surface area contributed by atoms with Crippen LogP contribution in [0.3, 0.4) is 0 Å². The van der Waals surface area contributed by atoms with Crippen LogP contribution in [0, 0.1) is 24.1 Å². The Kier molecular flexibility index (Phi) is 2.42. The zero-order valence-corrected chi connectivity index (χ0v) is 8.11. The molecule has 0 aliphatic carbocycles. The molecule has 1 fully saturated rings. The van der Waals surface area contributed by atoms with Gasteiger partial charge in [0.25, 0.3) is 0 Å². The Bertz CT molecular complexity index is 435. The number of nitrogens with zero attached hydrogens (tertiary/aromatic N) is 1. The maximum absolute atomic E-state index is 13.4. The fraction of sp³-hybridized carbons (Fsp3) is 0.250. The average Bonchev–Trinajstić information content (AvgIpc) is 2.60. The van der Waals surface area contributed by atoms with Crippen LogP contribution in [0.15, 0.2) is 24.3 Å². The van der Waals surface area contributed by atoms with Gasteiger partial charge in [0.2, 0.25) is 5.91 Å². The number of halogens is 1. The van der Waals surface area contributed by atoms with Crippen molar-refractivity contribution < 1.29 is 9.18 Å². The Morgan fingerprint density at radius 3 is 2.80 bits per heavy atom. The number of hydrogen-bond acceptors (Lipinski definition) is 1. The summed E-state index contributed by atoms with van der Waals surface area (Å²) in [5.41, 5.74) is 0.320. The van der Waals surface area contributed by atoms with Crippen molar-refractivity contribution in [3.05, 3.63) is 30.1 Å². The van der Waals surface area contributed by atoms with E-state index in [0.29, 0.717) is 18.7 Å². The second kappa shape index (κ2) is 3.74. The lowest BCUT2D eigenvalue weighted by Gasteiger charge is -2.16. The molecule has 0 bridgehead atoms. The Morgan fingerprint density at radius 2 is 2.20 bits per heavy atom. The molecule has 0 aromatic heterocycles. The zero-order chi connectivity index (χ0) is 10.8. The minimum Gasteiger partial charge on any atom is -0.308 e. The SMILES string of the molecule is C#CC1CC(=O)N(c2ccccc2F)C1. The molecule has 1 unspecified atom stereocenters. The van der Waals surface area contributed by atoms with Crippen LogP contribution in [-0.2, 0) is 4.79 Å². The van der Waals surface area contributed by atoms with Gasteiger partial charge in [-0.15, -0.1) is 12.3 Å². The Balaban J connectivity index is 2.30. The third kappa shape index (κ3) is 1.71. The van der Waals surface area contributed by atoms with Crippen molar-refractivity contribution in [1.82, 2.24) is 0 Å². The van der Waals surface area contributed by atoms with Gasteiger partial charge in [-0.2, -0.15) is 0 Å². The summed E-state index contributed by atoms with van der Waals surface area (Å²) in [6.07, 6.45) is 5.56. The number of para-hydroxylation sites is 1. The molecule has 1 saturated heterocycles. The van der Waals surface area contributed by atoms with Gasteiger partial charge < -0.3 is 4.90 Å². The summed E-state index contributed by atoms with van der Waals surface area (Å²) >= 11 is 0. The molecule has 0 spiro atoms. The van der Waals surface area contributed by atoms with Crippen molar-refractivity contribution in [2.24, 2.45) is 5.92 Å². The molecule has 15 heavy (non-hydrogen) atoms. The quantitative estimate of drug-likeness (QED) is 0.637. The van der Waals surface area contributed by atoms with E-state index in [1.54, 1.807) is 18.2 Å². The molecule has 1 heterocycles. The summed E-state index contributed by atoms with van der Waals surface area (Å²) in [6.45, 7) is 0.413. The highest BCUT2D eigenvalue weighted by molar-refractivity contribution is 5.96. The van der Waals surface area contributed by atoms with Gasteiger partial charge in [0.05, 0.1) is 5.69 Å². The second-order valence-corrected chi connectivity index (χ2v) is 3.52. The monoisotopic (exact) mass is 203 g/mol. The first-order valence-corrected chi connectivity index (χ1v) is 4.73. The molecule has 76 valence electrons. The molecule has 0 radical (unpaired) electrons. The standard InChI is InChI=1S/C12H10FNO/c1-2-9-7-12(15)14(8-9)11-6-4-3-5-10(11)13/h1,3-6,9H,7-8H2. The number of anilines is 1. The van der Waals surface area contributed by atoms with E-state index < -0.39 is 0 Å². The van der Waals surface area contributed by atoms with Gasteiger partial charge >= 0.3 is 0 Å². The lowest BCUT2D eigenvalue weighted by atomic mass is 10.1. The molecule has 1 aliphatic rings. The summed E-state index contributed by atoms with van der Waals surface area (Å²) in [4.78, 5) is 13.0. The normalized spacial score (nSPS) is 20.4. The van der Waals surface area contributed by atoms with Gasteiger partial charge in [0.15, 0.2) is 0 Å². The maximum Gasteiger partial charge on any atom is 0.228 e. The van der Waals surface area contributed by atoms with Crippen molar-refractivity contribution in [2.45, 2.75) is 6.42 Å². The highest BCUT2D eigenvalue weighted by Crippen LogP contribution is 2.26. The van der Waals surface area contributed by atoms with E-state index in [0.717, 1.165) is 0 Å². The van der Waals surface area contributed by atoms with Crippen LogP contribution < -0.4 is 4.90 Å². The number of carbonyl (C=O) groups is 1. The Hall–Kier alpha value is -1.82. The Labute approximate surface area is 87.7 Å². The van der Waals surface area contributed by atoms with E-state index in [1.807, 2.05) is 0 Å². The van der Waals surface area contributed by atoms with Crippen molar-refractivity contribution >= 4 is 11.6 Å². The molecule has 1 amide bonds. The third-order valence-corrected chi connectivity index (χ3v) is 2.50. The lowest BCUT2D eigenvalue weighted by molar-refractivity contribution is -0.117. The van der Waals surface area contributed by atoms with Gasteiger partial charge in [0.1, 0.15) is 5.82 Å². The number of carbonyl (C=O) groups excluding carboxylic acids is 1. The van der Waals surface area contributed by atoms with Crippen molar-refractivity contribution in [2.75, 3.05) is 11.4 Å². The molecule has 1 aliphatic heterocycles. The van der Waals surface area contributed by atoms with Crippen LogP contribution in [0.2, 0.25) is 0 Å². The molecule has 1 atom stereocenters. The maximum atomic E-state index is 13.4. The van der Waals surface area contributed by atoms with E-state index in [4.69, 9.17) is 6.42 Å². The molecular weight excluding hydrogens is 193 g/mol. The molecular formula is C12H10FNO. The molecule has 0 N–H and O–H groups in total. The van der Waals surface area contributed by atoms with E-state index >= 15 is 0 Å². The van der Waals surface area contributed by atoms with E-state index in [1.165, 1.54) is 11.0 Å². The van der Waals surface area contributed by atoms with Crippen molar-refractivity contribution in [3.8, 4) is 12.3 Å². The number of hydrogen-bond donors (Lipinski definition) is 0.